The van der Waals surface area contributed by atoms with Crippen LogP contribution in [0.15, 0.2) is 24.3 Å². The van der Waals surface area contributed by atoms with Gasteiger partial charge in [-0.3, -0.25) is 0 Å². The molecule has 0 saturated heterocycles. The highest BCUT2D eigenvalue weighted by atomic mass is 15.1. The average Bonchev–Trinajstić information content (AvgIpc) is 2.41. The molecule has 1 aromatic carbocycles. The molecule has 0 aliphatic rings. The van der Waals surface area contributed by atoms with Crippen LogP contribution >= 0.6 is 0 Å². The number of nitrogens with one attached hydrogen (secondary N) is 2. The van der Waals surface area contributed by atoms with Crippen LogP contribution in [0.5, 0.6) is 0 Å². The van der Waals surface area contributed by atoms with Crippen molar-refractivity contribution in [2.24, 2.45) is 5.41 Å². The SMILES string of the molecule is CCCNc1nc(NCC(C)(C)C)c2ccccc2n1. The summed E-state index contributed by atoms with van der Waals surface area (Å²) in [5, 5.41) is 7.78. The minimum absolute atomic E-state index is 0.211. The number of hydrogen-bond donors (Lipinski definition) is 2. The first-order valence-corrected chi connectivity index (χ1v) is 7.24. The minimum Gasteiger partial charge on any atom is -0.369 e. The highest BCUT2D eigenvalue weighted by Crippen LogP contribution is 2.23. The van der Waals surface area contributed by atoms with Crippen LogP contribution in [0.1, 0.15) is 34.1 Å². The van der Waals surface area contributed by atoms with Gasteiger partial charge in [0.25, 0.3) is 0 Å². The first kappa shape index (κ1) is 14.6. The van der Waals surface area contributed by atoms with Crippen LogP contribution in [0.25, 0.3) is 10.9 Å². The normalized spacial score (nSPS) is 11.6. The second-order valence-corrected chi connectivity index (χ2v) is 6.25. The minimum atomic E-state index is 0.211. The average molecular weight is 272 g/mol. The van der Waals surface area contributed by atoms with Crippen LogP contribution < -0.4 is 10.6 Å². The molecule has 0 atom stereocenters. The first-order valence-electron chi connectivity index (χ1n) is 7.24. The van der Waals surface area contributed by atoms with Crippen LogP contribution in [0.4, 0.5) is 11.8 Å². The predicted molar refractivity (Wildman–Crippen MR) is 86.3 cm³/mol. The molecule has 0 bridgehead atoms. The molecule has 108 valence electrons. The molecular formula is C16H24N4. The summed E-state index contributed by atoms with van der Waals surface area (Å²) in [7, 11) is 0. The van der Waals surface area contributed by atoms with Gasteiger partial charge in [-0.1, -0.05) is 39.8 Å². The second-order valence-electron chi connectivity index (χ2n) is 6.25. The van der Waals surface area contributed by atoms with Crippen molar-refractivity contribution in [2.75, 3.05) is 23.7 Å². The zero-order valence-corrected chi connectivity index (χ0v) is 12.8. The Morgan fingerprint density at radius 1 is 1.05 bits per heavy atom. The number of hydrogen-bond acceptors (Lipinski definition) is 4. The van der Waals surface area contributed by atoms with Crippen LogP contribution in [0.3, 0.4) is 0 Å². The van der Waals surface area contributed by atoms with Gasteiger partial charge in [0.2, 0.25) is 5.95 Å². The molecule has 0 radical (unpaired) electrons. The quantitative estimate of drug-likeness (QED) is 0.866. The molecular weight excluding hydrogens is 248 g/mol. The van der Waals surface area contributed by atoms with E-state index in [0.29, 0.717) is 5.95 Å². The lowest BCUT2D eigenvalue weighted by Gasteiger charge is -2.20. The molecule has 4 nitrogen and oxygen atoms in total. The van der Waals surface area contributed by atoms with Crippen LogP contribution in [0.2, 0.25) is 0 Å². The van der Waals surface area contributed by atoms with Gasteiger partial charge in [0.1, 0.15) is 5.82 Å². The maximum atomic E-state index is 4.61. The highest BCUT2D eigenvalue weighted by Gasteiger charge is 2.12. The monoisotopic (exact) mass is 272 g/mol. The third kappa shape index (κ3) is 3.83. The van der Waals surface area contributed by atoms with Gasteiger partial charge >= 0.3 is 0 Å². The number of anilines is 2. The molecule has 0 unspecified atom stereocenters. The number of rotatable bonds is 5. The topological polar surface area (TPSA) is 49.8 Å². The Morgan fingerprint density at radius 3 is 2.50 bits per heavy atom. The van der Waals surface area contributed by atoms with Crippen molar-refractivity contribution in [2.45, 2.75) is 34.1 Å². The summed E-state index contributed by atoms with van der Waals surface area (Å²) in [6.45, 7) is 10.5. The van der Waals surface area contributed by atoms with Crippen molar-refractivity contribution >= 4 is 22.7 Å². The van der Waals surface area contributed by atoms with E-state index in [0.717, 1.165) is 36.2 Å². The fourth-order valence-electron chi connectivity index (χ4n) is 1.88. The lowest BCUT2D eigenvalue weighted by atomic mass is 9.97. The first-order chi connectivity index (χ1) is 9.49. The maximum Gasteiger partial charge on any atom is 0.225 e. The molecule has 1 aromatic heterocycles. The Morgan fingerprint density at radius 2 is 1.80 bits per heavy atom. The number of benzene rings is 1. The summed E-state index contributed by atoms with van der Waals surface area (Å²) in [5.74, 6) is 1.60. The molecule has 0 aliphatic heterocycles. The van der Waals surface area contributed by atoms with Crippen LogP contribution in [-0.2, 0) is 0 Å². The highest BCUT2D eigenvalue weighted by molar-refractivity contribution is 5.90. The van der Waals surface area contributed by atoms with Gasteiger partial charge in [-0.2, -0.15) is 4.98 Å². The van der Waals surface area contributed by atoms with Crippen LogP contribution in [-0.4, -0.2) is 23.1 Å². The van der Waals surface area contributed by atoms with E-state index in [2.05, 4.69) is 54.4 Å². The predicted octanol–water partition coefficient (Wildman–Crippen LogP) is 3.91. The zero-order valence-electron chi connectivity index (χ0n) is 12.8. The van der Waals surface area contributed by atoms with Gasteiger partial charge < -0.3 is 10.6 Å². The van der Waals surface area contributed by atoms with E-state index in [1.54, 1.807) is 0 Å². The molecule has 0 spiro atoms. The lowest BCUT2D eigenvalue weighted by molar-refractivity contribution is 0.442. The van der Waals surface area contributed by atoms with E-state index in [1.165, 1.54) is 0 Å². The summed E-state index contributed by atoms with van der Waals surface area (Å²) in [4.78, 5) is 9.16. The smallest absolute Gasteiger partial charge is 0.225 e. The molecule has 0 saturated carbocycles. The van der Waals surface area contributed by atoms with E-state index in [-0.39, 0.29) is 5.41 Å². The molecule has 0 fully saturated rings. The van der Waals surface area contributed by atoms with Crippen molar-refractivity contribution in [1.29, 1.82) is 0 Å². The lowest BCUT2D eigenvalue weighted by Crippen LogP contribution is -2.20. The van der Waals surface area contributed by atoms with Crippen LogP contribution in [0, 0.1) is 5.41 Å². The van der Waals surface area contributed by atoms with Crippen molar-refractivity contribution in [3.05, 3.63) is 24.3 Å². The second kappa shape index (κ2) is 6.07. The van der Waals surface area contributed by atoms with E-state index in [9.17, 15) is 0 Å². The van der Waals surface area contributed by atoms with Gasteiger partial charge in [-0.25, -0.2) is 4.98 Å². The number of nitrogens with zero attached hydrogens (tertiary/aromatic N) is 2. The third-order valence-electron chi connectivity index (χ3n) is 2.92. The van der Waals surface area contributed by atoms with E-state index in [1.807, 2.05) is 18.2 Å². The Hall–Kier alpha value is -1.84. The zero-order chi connectivity index (χ0) is 14.6. The van der Waals surface area contributed by atoms with Gasteiger partial charge in [0, 0.05) is 18.5 Å². The summed E-state index contributed by atoms with van der Waals surface area (Å²) in [5.41, 5.74) is 1.18. The molecule has 4 heteroatoms. The maximum absolute atomic E-state index is 4.61. The summed E-state index contributed by atoms with van der Waals surface area (Å²) >= 11 is 0. The van der Waals surface area contributed by atoms with Gasteiger partial charge in [0.15, 0.2) is 0 Å². The van der Waals surface area contributed by atoms with Gasteiger partial charge in [0.05, 0.1) is 5.52 Å². The Bertz CT molecular complexity index is 572. The standard InChI is InChI=1S/C16H24N4/c1-5-10-17-15-19-13-9-7-6-8-12(13)14(20-15)18-11-16(2,3)4/h6-9H,5,10-11H2,1-4H3,(H2,17,18,19,20). The number of aromatic nitrogens is 2. The van der Waals surface area contributed by atoms with Gasteiger partial charge in [-0.05, 0) is 24.0 Å². The van der Waals surface area contributed by atoms with Gasteiger partial charge in [-0.15, -0.1) is 0 Å². The third-order valence-corrected chi connectivity index (χ3v) is 2.92. The van der Waals surface area contributed by atoms with E-state index in [4.69, 9.17) is 0 Å². The van der Waals surface area contributed by atoms with E-state index >= 15 is 0 Å². The molecule has 0 aliphatic carbocycles. The molecule has 2 aromatic rings. The van der Waals surface area contributed by atoms with Crippen molar-refractivity contribution in [3.63, 3.8) is 0 Å². The Balaban J connectivity index is 2.33. The molecule has 2 N–H and O–H groups in total. The van der Waals surface area contributed by atoms with Crippen molar-refractivity contribution in [3.8, 4) is 0 Å². The van der Waals surface area contributed by atoms with Crippen molar-refractivity contribution < 1.29 is 0 Å². The fraction of sp³-hybridized carbons (Fsp3) is 0.500. The number of para-hydroxylation sites is 1. The Kier molecular flexibility index (Phi) is 4.42. The molecule has 2 rings (SSSR count). The molecule has 0 amide bonds. The van der Waals surface area contributed by atoms with Crippen molar-refractivity contribution in [1.82, 2.24) is 9.97 Å². The fourth-order valence-corrected chi connectivity index (χ4v) is 1.88. The summed E-state index contributed by atoms with van der Waals surface area (Å²) in [6.07, 6.45) is 1.06. The summed E-state index contributed by atoms with van der Waals surface area (Å²) < 4.78 is 0. The number of fused-ring (bicyclic) bond motifs is 1. The van der Waals surface area contributed by atoms with E-state index < -0.39 is 0 Å². The molecule has 20 heavy (non-hydrogen) atoms. The largest absolute Gasteiger partial charge is 0.369 e. The molecule has 1 heterocycles. The summed E-state index contributed by atoms with van der Waals surface area (Å²) in [6, 6.07) is 8.11. The Labute approximate surface area is 121 Å².